The Morgan fingerprint density at radius 3 is 2.65 bits per heavy atom. The molecule has 0 saturated heterocycles. The zero-order valence-electron chi connectivity index (χ0n) is 13.1. The van der Waals surface area contributed by atoms with E-state index in [4.69, 9.17) is 5.73 Å². The Bertz CT molecular complexity index is 922. The summed E-state index contributed by atoms with van der Waals surface area (Å²) in [7, 11) is 0. The van der Waals surface area contributed by atoms with Gasteiger partial charge in [-0.25, -0.2) is 4.98 Å². The van der Waals surface area contributed by atoms with Gasteiger partial charge in [0.05, 0.1) is 11.0 Å². The lowest BCUT2D eigenvalue weighted by Crippen LogP contribution is -2.32. The van der Waals surface area contributed by atoms with Crippen LogP contribution < -0.4 is 11.1 Å². The predicted molar refractivity (Wildman–Crippen MR) is 92.2 cm³/mol. The number of aromatic nitrogens is 2. The Morgan fingerprint density at radius 2 is 1.91 bits per heavy atom. The molecule has 0 atom stereocenters. The first kappa shape index (κ1) is 13.8. The topological polar surface area (TPSA) is 83.8 Å². The zero-order valence-corrected chi connectivity index (χ0v) is 13.1. The fourth-order valence-corrected chi connectivity index (χ4v) is 3.19. The van der Waals surface area contributed by atoms with E-state index in [0.29, 0.717) is 6.42 Å². The summed E-state index contributed by atoms with van der Waals surface area (Å²) >= 11 is 0. The molecule has 1 amide bonds. The minimum Gasteiger partial charge on any atom is -0.399 e. The molecule has 0 radical (unpaired) electrons. The summed E-state index contributed by atoms with van der Waals surface area (Å²) in [6, 6.07) is 11.6. The van der Waals surface area contributed by atoms with Gasteiger partial charge in [-0.2, -0.15) is 0 Å². The van der Waals surface area contributed by atoms with Crippen molar-refractivity contribution in [3.63, 3.8) is 0 Å². The van der Waals surface area contributed by atoms with Gasteiger partial charge >= 0.3 is 0 Å². The number of carbonyl (C=O) groups excluding carboxylic acids is 1. The molecule has 1 aliphatic rings. The molecule has 2 heterocycles. The highest BCUT2D eigenvalue weighted by Crippen LogP contribution is 2.39. The van der Waals surface area contributed by atoms with E-state index in [1.807, 2.05) is 30.3 Å². The van der Waals surface area contributed by atoms with Crippen LogP contribution in [0.2, 0.25) is 0 Å². The predicted octanol–water partition coefficient (Wildman–Crippen LogP) is 3.43. The number of anilines is 2. The number of H-pyrrole nitrogens is 1. The zero-order chi connectivity index (χ0) is 16.2. The van der Waals surface area contributed by atoms with Crippen molar-refractivity contribution in [1.29, 1.82) is 0 Å². The minimum atomic E-state index is -0.182. The number of carbonyl (C=O) groups is 1. The van der Waals surface area contributed by atoms with Gasteiger partial charge < -0.3 is 16.0 Å². The van der Waals surface area contributed by atoms with Gasteiger partial charge in [0.1, 0.15) is 5.82 Å². The van der Waals surface area contributed by atoms with Crippen molar-refractivity contribution in [2.24, 2.45) is 0 Å². The van der Waals surface area contributed by atoms with Crippen LogP contribution in [0.3, 0.4) is 0 Å². The van der Waals surface area contributed by atoms with Crippen LogP contribution in [-0.4, -0.2) is 15.9 Å². The van der Waals surface area contributed by atoms with E-state index in [-0.39, 0.29) is 11.3 Å². The molecule has 1 aromatic heterocycles. The SMILES string of the molecule is CC1(C)CC(=O)Nc2cc3nc(-c4ccc(N)cc4)[nH]c3cc21. The number of nitrogens with zero attached hydrogens (tertiary/aromatic N) is 1. The first-order valence-corrected chi connectivity index (χ1v) is 7.62. The third-order valence-electron chi connectivity index (χ3n) is 4.41. The molecule has 0 saturated carbocycles. The lowest BCUT2D eigenvalue weighted by Gasteiger charge is -2.31. The highest BCUT2D eigenvalue weighted by molar-refractivity contribution is 5.98. The van der Waals surface area contributed by atoms with Gasteiger partial charge in [-0.3, -0.25) is 4.79 Å². The van der Waals surface area contributed by atoms with Crippen molar-refractivity contribution < 1.29 is 4.79 Å². The number of amides is 1. The van der Waals surface area contributed by atoms with Crippen molar-refractivity contribution in [3.8, 4) is 11.4 Å². The van der Waals surface area contributed by atoms with Crippen molar-refractivity contribution in [2.45, 2.75) is 25.7 Å². The maximum absolute atomic E-state index is 11.9. The number of imidazole rings is 1. The van der Waals surface area contributed by atoms with Crippen LogP contribution in [0, 0.1) is 0 Å². The van der Waals surface area contributed by atoms with Crippen LogP contribution in [-0.2, 0) is 10.2 Å². The smallest absolute Gasteiger partial charge is 0.225 e. The molecule has 0 aliphatic carbocycles. The molecule has 4 N–H and O–H groups in total. The Labute approximate surface area is 133 Å². The van der Waals surface area contributed by atoms with Gasteiger partial charge in [0, 0.05) is 28.8 Å². The first-order chi connectivity index (χ1) is 10.9. The molecular weight excluding hydrogens is 288 g/mol. The quantitative estimate of drug-likeness (QED) is 0.602. The molecule has 5 heteroatoms. The monoisotopic (exact) mass is 306 g/mol. The maximum Gasteiger partial charge on any atom is 0.225 e. The molecule has 0 unspecified atom stereocenters. The summed E-state index contributed by atoms with van der Waals surface area (Å²) in [4.78, 5) is 19.9. The Kier molecular flexibility index (Phi) is 2.75. The molecule has 116 valence electrons. The Morgan fingerprint density at radius 1 is 1.17 bits per heavy atom. The summed E-state index contributed by atoms with van der Waals surface area (Å²) in [5.74, 6) is 0.850. The fourth-order valence-electron chi connectivity index (χ4n) is 3.19. The van der Waals surface area contributed by atoms with Crippen molar-refractivity contribution in [1.82, 2.24) is 9.97 Å². The summed E-state index contributed by atoms with van der Waals surface area (Å²) in [6.45, 7) is 4.18. The summed E-state index contributed by atoms with van der Waals surface area (Å²) in [5.41, 5.74) is 11.1. The van der Waals surface area contributed by atoms with E-state index in [1.165, 1.54) is 0 Å². The van der Waals surface area contributed by atoms with E-state index in [1.54, 1.807) is 0 Å². The highest BCUT2D eigenvalue weighted by atomic mass is 16.1. The molecule has 0 bridgehead atoms. The second kappa shape index (κ2) is 4.59. The number of fused-ring (bicyclic) bond motifs is 2. The van der Waals surface area contributed by atoms with Crippen LogP contribution in [0.25, 0.3) is 22.4 Å². The Hall–Kier alpha value is -2.82. The number of nitrogens with one attached hydrogen (secondary N) is 2. The van der Waals surface area contributed by atoms with Crippen molar-refractivity contribution >= 4 is 28.3 Å². The average Bonchev–Trinajstić information content (AvgIpc) is 2.88. The second-order valence-corrected chi connectivity index (χ2v) is 6.73. The molecule has 5 nitrogen and oxygen atoms in total. The maximum atomic E-state index is 11.9. The second-order valence-electron chi connectivity index (χ2n) is 6.73. The highest BCUT2D eigenvalue weighted by Gasteiger charge is 2.32. The number of rotatable bonds is 1. The van der Waals surface area contributed by atoms with E-state index in [9.17, 15) is 4.79 Å². The van der Waals surface area contributed by atoms with E-state index in [0.717, 1.165) is 39.4 Å². The van der Waals surface area contributed by atoms with Gasteiger partial charge in [-0.1, -0.05) is 13.8 Å². The first-order valence-electron chi connectivity index (χ1n) is 7.62. The molecule has 3 aromatic rings. The normalized spacial score (nSPS) is 16.2. The number of nitrogens with two attached hydrogens (primary N) is 1. The van der Waals surface area contributed by atoms with Crippen molar-refractivity contribution in [3.05, 3.63) is 42.0 Å². The molecule has 1 aliphatic heterocycles. The van der Waals surface area contributed by atoms with E-state index < -0.39 is 0 Å². The van der Waals surface area contributed by atoms with E-state index >= 15 is 0 Å². The van der Waals surface area contributed by atoms with Gasteiger partial charge in [0.25, 0.3) is 0 Å². The number of hydrogen-bond donors (Lipinski definition) is 3. The van der Waals surface area contributed by atoms with Gasteiger partial charge in [0.15, 0.2) is 0 Å². The summed E-state index contributed by atoms with van der Waals surface area (Å²) in [5, 5.41) is 2.95. The van der Waals surface area contributed by atoms with Crippen LogP contribution >= 0.6 is 0 Å². The summed E-state index contributed by atoms with van der Waals surface area (Å²) in [6.07, 6.45) is 0.491. The molecule has 0 spiro atoms. The van der Waals surface area contributed by atoms with Gasteiger partial charge in [0.2, 0.25) is 5.91 Å². The molecular formula is C18H18N4O. The van der Waals surface area contributed by atoms with Gasteiger partial charge in [-0.05, 0) is 42.0 Å². The molecule has 2 aromatic carbocycles. The average molecular weight is 306 g/mol. The van der Waals surface area contributed by atoms with Crippen LogP contribution in [0.5, 0.6) is 0 Å². The number of benzene rings is 2. The summed E-state index contributed by atoms with van der Waals surface area (Å²) < 4.78 is 0. The standard InChI is InChI=1S/C18H18N4O/c1-18(2)9-16(23)20-13-8-15-14(7-12(13)18)21-17(22-15)10-3-5-11(19)6-4-10/h3-8H,9,19H2,1-2H3,(H,20,23)(H,21,22). The molecule has 23 heavy (non-hydrogen) atoms. The largest absolute Gasteiger partial charge is 0.399 e. The van der Waals surface area contributed by atoms with Crippen LogP contribution in [0.15, 0.2) is 36.4 Å². The van der Waals surface area contributed by atoms with E-state index in [2.05, 4.69) is 35.2 Å². The lowest BCUT2D eigenvalue weighted by atomic mass is 9.78. The minimum absolute atomic E-state index is 0.0520. The van der Waals surface area contributed by atoms with Crippen LogP contribution in [0.4, 0.5) is 11.4 Å². The van der Waals surface area contributed by atoms with Crippen molar-refractivity contribution in [2.75, 3.05) is 11.1 Å². The number of hydrogen-bond acceptors (Lipinski definition) is 3. The molecule has 0 fully saturated rings. The Balaban J connectivity index is 1.87. The fraction of sp³-hybridized carbons (Fsp3) is 0.222. The number of nitrogen functional groups attached to an aromatic ring is 1. The third kappa shape index (κ3) is 2.25. The van der Waals surface area contributed by atoms with Gasteiger partial charge in [-0.15, -0.1) is 0 Å². The third-order valence-corrected chi connectivity index (χ3v) is 4.41. The lowest BCUT2D eigenvalue weighted by molar-refractivity contribution is -0.117. The van der Waals surface area contributed by atoms with Crippen LogP contribution in [0.1, 0.15) is 25.8 Å². The number of aromatic amines is 1. The molecule has 4 rings (SSSR count).